The maximum Gasteiger partial charge on any atom is 0.119 e. The van der Waals surface area contributed by atoms with Crippen LogP contribution in [-0.4, -0.2) is 22.1 Å². The summed E-state index contributed by atoms with van der Waals surface area (Å²) in [5.74, 6) is 0.836. The van der Waals surface area contributed by atoms with Gasteiger partial charge in [-0.1, -0.05) is 0 Å². The number of aromatic nitrogens is 3. The largest absolute Gasteiger partial charge is 0.497 e. The first-order chi connectivity index (χ1) is 11.6. The van der Waals surface area contributed by atoms with E-state index < -0.39 is 0 Å². The van der Waals surface area contributed by atoms with Gasteiger partial charge in [0.1, 0.15) is 5.75 Å². The highest BCUT2D eigenvalue weighted by molar-refractivity contribution is 5.98. The minimum Gasteiger partial charge on any atom is -0.497 e. The zero-order valence-corrected chi connectivity index (χ0v) is 14.3. The highest BCUT2D eigenvalue weighted by Gasteiger charge is 2.14. The second kappa shape index (κ2) is 5.34. The number of benzene rings is 2. The lowest BCUT2D eigenvalue weighted by atomic mass is 10.1. The maximum absolute atomic E-state index is 5.37. The van der Waals surface area contributed by atoms with Gasteiger partial charge in [0.15, 0.2) is 0 Å². The second-order valence-corrected chi connectivity index (χ2v) is 6.22. The average molecular weight is 317 g/mol. The zero-order chi connectivity index (χ0) is 16.8. The van der Waals surface area contributed by atoms with Crippen molar-refractivity contribution in [2.24, 2.45) is 0 Å². The summed E-state index contributed by atoms with van der Waals surface area (Å²) >= 11 is 0. The minimum atomic E-state index is 0.836. The Morgan fingerprint density at radius 3 is 2.46 bits per heavy atom. The van der Waals surface area contributed by atoms with Crippen LogP contribution in [0.3, 0.4) is 0 Å². The van der Waals surface area contributed by atoms with Gasteiger partial charge < -0.3 is 9.72 Å². The molecule has 0 aliphatic rings. The summed E-state index contributed by atoms with van der Waals surface area (Å²) in [7, 11) is 1.68. The minimum absolute atomic E-state index is 0.836. The van der Waals surface area contributed by atoms with Gasteiger partial charge in [0.05, 0.1) is 30.0 Å². The Labute approximate surface area is 140 Å². The third kappa shape index (κ3) is 2.22. The number of nitrogens with one attached hydrogen (secondary N) is 1. The number of rotatable bonds is 2. The number of nitrogens with zero attached hydrogens (tertiary/aromatic N) is 2. The van der Waals surface area contributed by atoms with Gasteiger partial charge in [-0.3, -0.25) is 4.98 Å². The number of H-pyrrole nitrogens is 1. The van der Waals surface area contributed by atoms with Crippen molar-refractivity contribution in [3.05, 3.63) is 53.3 Å². The SMILES string of the molecule is COc1ccc2[nH]c(C)c(-c3cnc4cc(C)c(C)cc4n3)c2c1. The summed E-state index contributed by atoms with van der Waals surface area (Å²) in [6, 6.07) is 10.2. The van der Waals surface area contributed by atoms with Crippen molar-refractivity contribution in [3.8, 4) is 17.0 Å². The number of hydrogen-bond donors (Lipinski definition) is 1. The van der Waals surface area contributed by atoms with E-state index in [1.54, 1.807) is 7.11 Å². The number of methoxy groups -OCH3 is 1. The molecule has 0 saturated carbocycles. The molecular weight excluding hydrogens is 298 g/mol. The Balaban J connectivity index is 1.98. The van der Waals surface area contributed by atoms with Gasteiger partial charge >= 0.3 is 0 Å². The van der Waals surface area contributed by atoms with Crippen molar-refractivity contribution in [2.45, 2.75) is 20.8 Å². The van der Waals surface area contributed by atoms with Crippen LogP contribution in [0.2, 0.25) is 0 Å². The Hall–Kier alpha value is -2.88. The first-order valence-corrected chi connectivity index (χ1v) is 7.97. The predicted octanol–water partition coefficient (Wildman–Crippen LogP) is 4.71. The lowest BCUT2D eigenvalue weighted by Crippen LogP contribution is -1.92. The van der Waals surface area contributed by atoms with E-state index >= 15 is 0 Å². The molecule has 4 nitrogen and oxygen atoms in total. The van der Waals surface area contributed by atoms with Gasteiger partial charge in [0, 0.05) is 22.2 Å². The normalized spacial score (nSPS) is 11.3. The third-order valence-corrected chi connectivity index (χ3v) is 4.61. The van der Waals surface area contributed by atoms with Gasteiger partial charge in [-0.25, -0.2) is 4.98 Å². The van der Waals surface area contributed by atoms with Crippen molar-refractivity contribution in [3.63, 3.8) is 0 Å². The van der Waals surface area contributed by atoms with Crippen molar-refractivity contribution < 1.29 is 4.74 Å². The van der Waals surface area contributed by atoms with Gasteiger partial charge in [-0.05, 0) is 62.2 Å². The highest BCUT2D eigenvalue weighted by Crippen LogP contribution is 2.33. The van der Waals surface area contributed by atoms with E-state index in [0.29, 0.717) is 0 Å². The molecule has 0 aliphatic heterocycles. The molecule has 0 atom stereocenters. The molecule has 4 aromatic rings. The second-order valence-electron chi connectivity index (χ2n) is 6.22. The molecule has 0 aliphatic carbocycles. The van der Waals surface area contributed by atoms with Gasteiger partial charge in [-0.15, -0.1) is 0 Å². The van der Waals surface area contributed by atoms with Crippen molar-refractivity contribution >= 4 is 21.9 Å². The van der Waals surface area contributed by atoms with E-state index in [0.717, 1.165) is 44.6 Å². The summed E-state index contributed by atoms with van der Waals surface area (Å²) < 4.78 is 5.37. The topological polar surface area (TPSA) is 50.8 Å². The Morgan fingerprint density at radius 1 is 0.958 bits per heavy atom. The monoisotopic (exact) mass is 317 g/mol. The molecule has 0 amide bonds. The van der Waals surface area contributed by atoms with Crippen molar-refractivity contribution in [2.75, 3.05) is 7.11 Å². The van der Waals surface area contributed by atoms with Crippen molar-refractivity contribution in [1.29, 1.82) is 0 Å². The molecule has 0 bridgehead atoms. The lowest BCUT2D eigenvalue weighted by molar-refractivity contribution is 0.415. The number of ether oxygens (including phenoxy) is 1. The fourth-order valence-corrected chi connectivity index (χ4v) is 3.15. The van der Waals surface area contributed by atoms with E-state index in [9.17, 15) is 0 Å². The summed E-state index contributed by atoms with van der Waals surface area (Å²) in [6.07, 6.45) is 1.85. The third-order valence-electron chi connectivity index (χ3n) is 4.61. The van der Waals surface area contributed by atoms with Crippen LogP contribution in [0.5, 0.6) is 5.75 Å². The molecular formula is C20H19N3O. The van der Waals surface area contributed by atoms with E-state index in [4.69, 9.17) is 9.72 Å². The molecule has 0 fully saturated rings. The first kappa shape index (κ1) is 14.7. The van der Waals surface area contributed by atoms with Gasteiger partial charge in [0.25, 0.3) is 0 Å². The smallest absolute Gasteiger partial charge is 0.119 e. The molecule has 24 heavy (non-hydrogen) atoms. The quantitative estimate of drug-likeness (QED) is 0.582. The lowest BCUT2D eigenvalue weighted by Gasteiger charge is -2.06. The maximum atomic E-state index is 5.37. The molecule has 0 radical (unpaired) electrons. The van der Waals surface area contributed by atoms with Crippen LogP contribution in [0.4, 0.5) is 0 Å². The van der Waals surface area contributed by atoms with Gasteiger partial charge in [-0.2, -0.15) is 0 Å². The molecule has 4 rings (SSSR count). The Kier molecular flexibility index (Phi) is 3.27. The molecule has 2 aromatic carbocycles. The van der Waals surface area contributed by atoms with E-state index in [1.165, 1.54) is 11.1 Å². The molecule has 4 heteroatoms. The molecule has 0 saturated heterocycles. The average Bonchev–Trinajstić information content (AvgIpc) is 2.90. The van der Waals surface area contributed by atoms with Crippen LogP contribution in [0.15, 0.2) is 36.5 Å². The first-order valence-electron chi connectivity index (χ1n) is 7.97. The number of fused-ring (bicyclic) bond motifs is 2. The Morgan fingerprint density at radius 2 is 1.71 bits per heavy atom. The van der Waals surface area contributed by atoms with Crippen LogP contribution >= 0.6 is 0 Å². The molecule has 2 heterocycles. The van der Waals surface area contributed by atoms with Crippen LogP contribution in [0.25, 0.3) is 33.2 Å². The van der Waals surface area contributed by atoms with Crippen molar-refractivity contribution in [1.82, 2.24) is 15.0 Å². The van der Waals surface area contributed by atoms with Crippen LogP contribution in [-0.2, 0) is 0 Å². The summed E-state index contributed by atoms with van der Waals surface area (Å²) in [5, 5.41) is 1.10. The summed E-state index contributed by atoms with van der Waals surface area (Å²) in [4.78, 5) is 12.9. The van der Waals surface area contributed by atoms with Crippen LogP contribution < -0.4 is 4.74 Å². The van der Waals surface area contributed by atoms with Gasteiger partial charge in [0.2, 0.25) is 0 Å². The van der Waals surface area contributed by atoms with E-state index in [1.807, 2.05) is 24.4 Å². The molecule has 2 aromatic heterocycles. The molecule has 120 valence electrons. The fraction of sp³-hybridized carbons (Fsp3) is 0.200. The summed E-state index contributed by atoms with van der Waals surface area (Å²) in [5.41, 5.74) is 8.42. The fourth-order valence-electron chi connectivity index (χ4n) is 3.15. The Bertz CT molecular complexity index is 1080. The highest BCUT2D eigenvalue weighted by atomic mass is 16.5. The zero-order valence-electron chi connectivity index (χ0n) is 14.3. The van der Waals surface area contributed by atoms with E-state index in [-0.39, 0.29) is 0 Å². The van der Waals surface area contributed by atoms with E-state index in [2.05, 4.69) is 42.9 Å². The molecule has 0 spiro atoms. The number of aromatic amines is 1. The summed E-state index contributed by atoms with van der Waals surface area (Å²) in [6.45, 7) is 6.26. The molecule has 1 N–H and O–H groups in total. The number of hydrogen-bond acceptors (Lipinski definition) is 3. The number of aryl methyl sites for hydroxylation is 3. The molecule has 0 unspecified atom stereocenters. The van der Waals surface area contributed by atoms with Crippen LogP contribution in [0, 0.1) is 20.8 Å². The van der Waals surface area contributed by atoms with Crippen LogP contribution in [0.1, 0.15) is 16.8 Å². The predicted molar refractivity (Wildman–Crippen MR) is 97.6 cm³/mol. The standard InChI is InChI=1S/C20H19N3O/c1-11-7-17-18(8-12(11)2)23-19(10-21-17)20-13(3)22-16-6-5-14(24-4)9-15(16)20/h5-10,22H,1-4H3.